The number of hydrogen-bond donors (Lipinski definition) is 1. The summed E-state index contributed by atoms with van der Waals surface area (Å²) in [5.74, 6) is 3.54. The van der Waals surface area contributed by atoms with Crippen LogP contribution in [0.4, 0.5) is 0 Å². The summed E-state index contributed by atoms with van der Waals surface area (Å²) in [5.41, 5.74) is 1.59. The maximum atomic E-state index is 12.8. The lowest BCUT2D eigenvalue weighted by Gasteiger charge is -2.62. The minimum Gasteiger partial charge on any atom is -0.458 e. The van der Waals surface area contributed by atoms with E-state index in [0.29, 0.717) is 28.7 Å². The van der Waals surface area contributed by atoms with Crippen molar-refractivity contribution in [2.45, 2.75) is 117 Å². The molecule has 210 valence electrons. The number of hydrogen-bond acceptors (Lipinski definition) is 3. The summed E-state index contributed by atoms with van der Waals surface area (Å²) in [4.78, 5) is 12.8. The lowest BCUT2D eigenvalue weighted by molar-refractivity contribution is -0.133. The Morgan fingerprint density at radius 1 is 0.974 bits per heavy atom. The molecule has 0 heterocycles. The van der Waals surface area contributed by atoms with Gasteiger partial charge in [-0.1, -0.05) is 83.7 Å². The van der Waals surface area contributed by atoms with Gasteiger partial charge in [-0.25, -0.2) is 4.79 Å². The Kier molecular flexibility index (Phi) is 7.66. The van der Waals surface area contributed by atoms with Gasteiger partial charge in [-0.3, -0.25) is 0 Å². The molecule has 1 aromatic rings. The molecule has 3 heteroatoms. The van der Waals surface area contributed by atoms with Gasteiger partial charge in [-0.05, 0) is 104 Å². The third-order valence-electron chi connectivity index (χ3n) is 11.9. The fourth-order valence-corrected chi connectivity index (χ4v) is 9.89. The molecule has 4 aliphatic rings. The molecule has 0 aliphatic heterocycles. The number of carbonyl (C=O) groups excluding carboxylic acids is 1. The molecule has 38 heavy (non-hydrogen) atoms. The van der Waals surface area contributed by atoms with Crippen LogP contribution in [0.2, 0.25) is 0 Å². The van der Waals surface area contributed by atoms with Crippen molar-refractivity contribution in [3.05, 3.63) is 47.5 Å². The first-order chi connectivity index (χ1) is 18.0. The fourth-order valence-electron chi connectivity index (χ4n) is 9.89. The van der Waals surface area contributed by atoms with Crippen molar-refractivity contribution in [1.29, 1.82) is 0 Å². The van der Waals surface area contributed by atoms with E-state index < -0.39 is 5.60 Å². The van der Waals surface area contributed by atoms with E-state index in [1.165, 1.54) is 50.5 Å². The Bertz CT molecular complexity index is 1020. The summed E-state index contributed by atoms with van der Waals surface area (Å²) < 4.78 is 5.99. The van der Waals surface area contributed by atoms with Gasteiger partial charge >= 0.3 is 5.97 Å². The van der Waals surface area contributed by atoms with Crippen LogP contribution >= 0.6 is 0 Å². The molecule has 9 atom stereocenters. The van der Waals surface area contributed by atoms with Gasteiger partial charge in [-0.2, -0.15) is 0 Å². The molecule has 0 saturated heterocycles. The van der Waals surface area contributed by atoms with Crippen molar-refractivity contribution in [2.24, 2.45) is 46.3 Å². The zero-order chi connectivity index (χ0) is 27.3. The molecular weight excluding hydrogens is 468 g/mol. The molecule has 3 fully saturated rings. The Hall–Kier alpha value is -1.61. The SMILES string of the molecule is CC(C)CCC[C@@H](C)C1CCC2C3C(CCC21C)C1(C)CCC(OC(=O)c2ccccc2)CC1=C[C@]3(C)O. The average molecular weight is 521 g/mol. The highest BCUT2D eigenvalue weighted by Crippen LogP contribution is 2.69. The summed E-state index contributed by atoms with van der Waals surface area (Å²) in [6.45, 7) is 14.3. The zero-order valence-corrected chi connectivity index (χ0v) is 24.8. The zero-order valence-electron chi connectivity index (χ0n) is 24.8. The molecule has 1 aromatic carbocycles. The van der Waals surface area contributed by atoms with Crippen molar-refractivity contribution in [2.75, 3.05) is 0 Å². The van der Waals surface area contributed by atoms with Crippen LogP contribution in [0.15, 0.2) is 42.0 Å². The highest BCUT2D eigenvalue weighted by atomic mass is 16.5. The van der Waals surface area contributed by atoms with E-state index in [1.54, 1.807) is 0 Å². The Morgan fingerprint density at radius 3 is 2.42 bits per heavy atom. The summed E-state index contributed by atoms with van der Waals surface area (Å²) in [7, 11) is 0. The summed E-state index contributed by atoms with van der Waals surface area (Å²) in [5, 5.41) is 12.1. The monoisotopic (exact) mass is 520 g/mol. The third-order valence-corrected chi connectivity index (χ3v) is 11.9. The van der Waals surface area contributed by atoms with Gasteiger partial charge in [0.25, 0.3) is 0 Å². The van der Waals surface area contributed by atoms with Gasteiger partial charge in [0, 0.05) is 6.42 Å². The molecule has 0 radical (unpaired) electrons. The van der Waals surface area contributed by atoms with Crippen LogP contribution in [0, 0.1) is 46.3 Å². The van der Waals surface area contributed by atoms with Crippen molar-refractivity contribution in [3.63, 3.8) is 0 Å². The Balaban J connectivity index is 1.33. The quantitative estimate of drug-likeness (QED) is 0.289. The normalized spacial score (nSPS) is 41.1. The predicted molar refractivity (Wildman–Crippen MR) is 155 cm³/mol. The lowest BCUT2D eigenvalue weighted by Crippen LogP contribution is -2.59. The van der Waals surface area contributed by atoms with Crippen LogP contribution in [0.5, 0.6) is 0 Å². The molecule has 4 aliphatic carbocycles. The second kappa shape index (κ2) is 10.4. The molecule has 0 amide bonds. The number of benzene rings is 1. The molecule has 7 unspecified atom stereocenters. The highest BCUT2D eigenvalue weighted by Gasteiger charge is 2.63. The van der Waals surface area contributed by atoms with E-state index in [-0.39, 0.29) is 17.5 Å². The average Bonchev–Trinajstić information content (AvgIpc) is 3.22. The molecule has 3 saturated carbocycles. The van der Waals surface area contributed by atoms with Gasteiger partial charge in [0.05, 0.1) is 11.2 Å². The van der Waals surface area contributed by atoms with Crippen molar-refractivity contribution < 1.29 is 14.6 Å². The van der Waals surface area contributed by atoms with Gasteiger partial charge < -0.3 is 9.84 Å². The molecule has 5 rings (SSSR count). The number of ether oxygens (including phenoxy) is 1. The van der Waals surface area contributed by atoms with E-state index >= 15 is 0 Å². The third kappa shape index (κ3) is 4.91. The second-order valence-electron chi connectivity index (χ2n) is 14.7. The standard InChI is InChI=1S/C35H52O3/c1-23(2)11-10-12-24(3)28-15-16-29-31-30(18-20-34(28,29)5)33(4)19-17-27(21-26(33)22-35(31,6)37)38-32(36)25-13-8-7-9-14-25/h7-9,13-14,22-24,27-31,37H,10-12,15-21H2,1-6H3/t24-,27?,28?,29?,30?,31?,33?,34?,35+/m1/s1. The maximum Gasteiger partial charge on any atom is 0.338 e. The number of aliphatic hydroxyl groups is 1. The number of fused-ring (bicyclic) bond motifs is 5. The smallest absolute Gasteiger partial charge is 0.338 e. The van der Waals surface area contributed by atoms with E-state index in [9.17, 15) is 9.90 Å². The molecule has 0 aromatic heterocycles. The van der Waals surface area contributed by atoms with Crippen LogP contribution in [0.1, 0.15) is 116 Å². The highest BCUT2D eigenvalue weighted by molar-refractivity contribution is 5.89. The first-order valence-electron chi connectivity index (χ1n) is 15.7. The molecular formula is C35H52O3. The van der Waals surface area contributed by atoms with Crippen LogP contribution in [-0.4, -0.2) is 22.8 Å². The van der Waals surface area contributed by atoms with Crippen LogP contribution in [0.25, 0.3) is 0 Å². The molecule has 0 spiro atoms. The second-order valence-corrected chi connectivity index (χ2v) is 14.7. The maximum absolute atomic E-state index is 12.8. The Labute approximate surface area is 231 Å². The Morgan fingerprint density at radius 2 is 1.71 bits per heavy atom. The predicted octanol–water partition coefficient (Wildman–Crippen LogP) is 8.61. The topological polar surface area (TPSA) is 46.5 Å². The summed E-state index contributed by atoms with van der Waals surface area (Å²) >= 11 is 0. The molecule has 0 bridgehead atoms. The van der Waals surface area contributed by atoms with Crippen LogP contribution in [-0.2, 0) is 4.74 Å². The number of carbonyl (C=O) groups is 1. The number of esters is 1. The fraction of sp³-hybridized carbons (Fsp3) is 0.743. The van der Waals surface area contributed by atoms with E-state index in [1.807, 2.05) is 30.3 Å². The lowest BCUT2D eigenvalue weighted by atomic mass is 9.44. The first kappa shape index (κ1) is 27.9. The summed E-state index contributed by atoms with van der Waals surface area (Å²) in [6, 6.07) is 9.33. The molecule has 3 nitrogen and oxygen atoms in total. The minimum atomic E-state index is -0.799. The van der Waals surface area contributed by atoms with E-state index in [2.05, 4.69) is 47.6 Å². The largest absolute Gasteiger partial charge is 0.458 e. The van der Waals surface area contributed by atoms with Crippen molar-refractivity contribution in [1.82, 2.24) is 0 Å². The summed E-state index contributed by atoms with van der Waals surface area (Å²) in [6.07, 6.45) is 14.0. The van der Waals surface area contributed by atoms with Crippen LogP contribution < -0.4 is 0 Å². The van der Waals surface area contributed by atoms with Crippen molar-refractivity contribution >= 4 is 5.97 Å². The van der Waals surface area contributed by atoms with E-state index in [4.69, 9.17) is 4.74 Å². The molecule has 1 N–H and O–H groups in total. The van der Waals surface area contributed by atoms with Gasteiger partial charge in [0.2, 0.25) is 0 Å². The van der Waals surface area contributed by atoms with Crippen molar-refractivity contribution in [3.8, 4) is 0 Å². The van der Waals surface area contributed by atoms with Gasteiger partial charge in [-0.15, -0.1) is 0 Å². The minimum absolute atomic E-state index is 0.102. The van der Waals surface area contributed by atoms with Gasteiger partial charge in [0.15, 0.2) is 0 Å². The van der Waals surface area contributed by atoms with Gasteiger partial charge in [0.1, 0.15) is 6.10 Å². The number of rotatable bonds is 7. The first-order valence-corrected chi connectivity index (χ1v) is 15.7. The van der Waals surface area contributed by atoms with Crippen LogP contribution in [0.3, 0.4) is 0 Å². The van der Waals surface area contributed by atoms with E-state index in [0.717, 1.165) is 37.0 Å².